The van der Waals surface area contributed by atoms with Crippen LogP contribution in [-0.2, 0) is 0 Å². The third-order valence-corrected chi connectivity index (χ3v) is 13.2. The fraction of sp³-hybridized carbons (Fsp3) is 0.176. The first-order valence-corrected chi connectivity index (χ1v) is 15.8. The van der Waals surface area contributed by atoms with Crippen molar-refractivity contribution in [3.63, 3.8) is 0 Å². The van der Waals surface area contributed by atoms with Crippen LogP contribution in [0.4, 0.5) is 0 Å². The summed E-state index contributed by atoms with van der Waals surface area (Å²) in [6, 6.07) is 45.1. The Morgan fingerprint density at radius 1 is 0.528 bits per heavy atom. The maximum Gasteiger partial charge on any atom is 0.00663 e. The van der Waals surface area contributed by atoms with Crippen molar-refractivity contribution in [1.82, 2.24) is 0 Å². The molecule has 2 aliphatic carbocycles. The zero-order valence-electron chi connectivity index (χ0n) is 20.5. The van der Waals surface area contributed by atoms with Gasteiger partial charge in [-0.25, -0.2) is 0 Å². The van der Waals surface area contributed by atoms with Gasteiger partial charge in [0.15, 0.2) is 0 Å². The second kappa shape index (κ2) is 11.1. The molecule has 1 saturated carbocycles. The molecule has 4 aromatic carbocycles. The molecule has 0 amide bonds. The maximum absolute atomic E-state index is 2.53. The van der Waals surface area contributed by atoms with Crippen molar-refractivity contribution in [2.45, 2.75) is 24.9 Å². The topological polar surface area (TPSA) is 0 Å². The fourth-order valence-corrected chi connectivity index (χ4v) is 11.9. The van der Waals surface area contributed by atoms with E-state index in [1.54, 1.807) is 5.31 Å². The summed E-state index contributed by atoms with van der Waals surface area (Å²) in [7, 11) is -0.957. The molecule has 36 heavy (non-hydrogen) atoms. The molecular formula is C34H32P2. The molecule has 0 aliphatic heterocycles. The van der Waals surface area contributed by atoms with Gasteiger partial charge < -0.3 is 0 Å². The van der Waals surface area contributed by atoms with Crippen LogP contribution < -0.4 is 21.2 Å². The zero-order chi connectivity index (χ0) is 24.2. The van der Waals surface area contributed by atoms with E-state index in [9.17, 15) is 0 Å². The molecule has 0 radical (unpaired) electrons. The Labute approximate surface area is 218 Å². The van der Waals surface area contributed by atoms with Crippen molar-refractivity contribution >= 4 is 37.1 Å². The van der Waals surface area contributed by atoms with Gasteiger partial charge in [0.1, 0.15) is 0 Å². The predicted octanol–water partition coefficient (Wildman–Crippen LogP) is 7.49. The number of benzene rings is 4. The van der Waals surface area contributed by atoms with E-state index in [2.05, 4.69) is 140 Å². The van der Waals surface area contributed by atoms with Crippen LogP contribution in [0.2, 0.25) is 0 Å². The van der Waals surface area contributed by atoms with Gasteiger partial charge in [0.2, 0.25) is 0 Å². The third-order valence-electron chi connectivity index (χ3n) is 7.61. The van der Waals surface area contributed by atoms with E-state index in [-0.39, 0.29) is 0 Å². The van der Waals surface area contributed by atoms with E-state index in [1.165, 1.54) is 40.5 Å². The standard InChI is InChI=1S/C34H32P2/c1-5-15-27(16-6-1)35(28-17-7-2-8-18-28)33-25-13-23-31(33)32-24-14-26-34(32)36(29-19-9-3-10-20-29)30-21-11-4-12-22-30/h1-13,15-23,25,31-32,34H,14,24,26H2/t31-,32?,34-/m1/s1. The van der Waals surface area contributed by atoms with E-state index in [4.69, 9.17) is 0 Å². The normalized spacial score (nSPS) is 21.3. The summed E-state index contributed by atoms with van der Waals surface area (Å²) in [5, 5.41) is 7.60. The van der Waals surface area contributed by atoms with Crippen LogP contribution in [0.3, 0.4) is 0 Å². The second-order valence-corrected chi connectivity index (χ2v) is 14.4. The van der Waals surface area contributed by atoms with E-state index >= 15 is 0 Å². The lowest BCUT2D eigenvalue weighted by molar-refractivity contribution is 0.475. The number of hydrogen-bond donors (Lipinski definition) is 0. The van der Waals surface area contributed by atoms with Crippen molar-refractivity contribution in [3.05, 3.63) is 145 Å². The molecule has 4 aromatic rings. The van der Waals surface area contributed by atoms with Crippen LogP contribution in [0.5, 0.6) is 0 Å². The van der Waals surface area contributed by atoms with Gasteiger partial charge in [-0.2, -0.15) is 0 Å². The summed E-state index contributed by atoms with van der Waals surface area (Å²) < 4.78 is 0. The first-order valence-electron chi connectivity index (χ1n) is 13.1. The zero-order valence-corrected chi connectivity index (χ0v) is 22.3. The number of rotatable bonds is 7. The Morgan fingerprint density at radius 2 is 1.00 bits per heavy atom. The van der Waals surface area contributed by atoms with E-state index < -0.39 is 15.8 Å². The van der Waals surface area contributed by atoms with E-state index in [0.717, 1.165) is 0 Å². The molecule has 0 saturated heterocycles. The first kappa shape index (κ1) is 23.6. The average molecular weight is 503 g/mol. The lowest BCUT2D eigenvalue weighted by atomic mass is 9.92. The summed E-state index contributed by atoms with van der Waals surface area (Å²) in [4.78, 5) is 0. The quantitative estimate of drug-likeness (QED) is 0.230. The predicted molar refractivity (Wildman–Crippen MR) is 160 cm³/mol. The lowest BCUT2D eigenvalue weighted by Crippen LogP contribution is -2.29. The van der Waals surface area contributed by atoms with E-state index in [1.807, 2.05) is 0 Å². The van der Waals surface area contributed by atoms with Crippen LogP contribution in [0.1, 0.15) is 19.3 Å². The molecule has 2 heteroatoms. The molecule has 3 atom stereocenters. The SMILES string of the molecule is C1=C[C@H](C2CCC[C@H]2P(c2ccccc2)c2ccccc2)C(P(c2ccccc2)c2ccccc2)=C1. The molecule has 0 aromatic heterocycles. The van der Waals surface area contributed by atoms with Crippen LogP contribution in [0, 0.1) is 11.8 Å². The molecule has 1 unspecified atom stereocenters. The third kappa shape index (κ3) is 4.78. The van der Waals surface area contributed by atoms with Crippen LogP contribution in [-0.4, -0.2) is 5.66 Å². The van der Waals surface area contributed by atoms with Gasteiger partial charge in [-0.05, 0) is 66.8 Å². The Morgan fingerprint density at radius 3 is 1.50 bits per heavy atom. The maximum atomic E-state index is 2.53. The molecule has 0 bridgehead atoms. The molecule has 0 N–H and O–H groups in total. The van der Waals surface area contributed by atoms with Gasteiger partial charge in [0, 0.05) is 5.92 Å². The number of allylic oxidation sites excluding steroid dienone is 4. The van der Waals surface area contributed by atoms with Gasteiger partial charge >= 0.3 is 0 Å². The van der Waals surface area contributed by atoms with Crippen LogP contribution in [0.15, 0.2) is 145 Å². The van der Waals surface area contributed by atoms with Crippen molar-refractivity contribution in [2.24, 2.45) is 11.8 Å². The molecule has 2 aliphatic rings. The Kier molecular flexibility index (Phi) is 7.27. The molecule has 6 rings (SSSR count). The smallest absolute Gasteiger partial charge is 0.00663 e. The minimum atomic E-state index is -0.548. The highest BCUT2D eigenvalue weighted by Gasteiger charge is 2.42. The summed E-state index contributed by atoms with van der Waals surface area (Å²) in [5.41, 5.74) is 0.698. The van der Waals surface area contributed by atoms with Crippen molar-refractivity contribution in [2.75, 3.05) is 0 Å². The molecule has 0 nitrogen and oxygen atoms in total. The summed E-state index contributed by atoms with van der Waals surface area (Å²) in [5.74, 6) is 1.19. The molecule has 0 heterocycles. The fourth-order valence-electron chi connectivity index (χ4n) is 6.09. The monoisotopic (exact) mass is 502 g/mol. The van der Waals surface area contributed by atoms with Crippen LogP contribution >= 0.6 is 15.8 Å². The van der Waals surface area contributed by atoms with Crippen molar-refractivity contribution in [1.29, 1.82) is 0 Å². The molecule has 1 fully saturated rings. The summed E-state index contributed by atoms with van der Waals surface area (Å²) in [6.45, 7) is 0. The van der Waals surface area contributed by atoms with Gasteiger partial charge in [-0.15, -0.1) is 0 Å². The number of hydrogen-bond acceptors (Lipinski definition) is 0. The largest absolute Gasteiger partial charge is 0.0766 e. The van der Waals surface area contributed by atoms with E-state index in [0.29, 0.717) is 17.5 Å². The summed E-state index contributed by atoms with van der Waals surface area (Å²) >= 11 is 0. The molecule has 0 spiro atoms. The Bertz CT molecular complexity index is 1230. The highest BCUT2D eigenvalue weighted by atomic mass is 31.1. The highest BCUT2D eigenvalue weighted by molar-refractivity contribution is 7.76. The van der Waals surface area contributed by atoms with Gasteiger partial charge in [-0.3, -0.25) is 0 Å². The lowest BCUT2D eigenvalue weighted by Gasteiger charge is -2.36. The van der Waals surface area contributed by atoms with Gasteiger partial charge in [0.05, 0.1) is 0 Å². The minimum absolute atomic E-state index is 0.408. The van der Waals surface area contributed by atoms with Gasteiger partial charge in [-0.1, -0.05) is 146 Å². The Balaban J connectivity index is 1.39. The minimum Gasteiger partial charge on any atom is -0.0766 e. The van der Waals surface area contributed by atoms with Crippen LogP contribution in [0.25, 0.3) is 0 Å². The van der Waals surface area contributed by atoms with Crippen molar-refractivity contribution in [3.8, 4) is 0 Å². The summed E-state index contributed by atoms with van der Waals surface area (Å²) in [6.07, 6.45) is 11.3. The molecular weight excluding hydrogens is 470 g/mol. The Hall–Kier alpha value is -2.78. The molecule has 178 valence electrons. The first-order chi connectivity index (χ1) is 17.9. The highest BCUT2D eigenvalue weighted by Crippen LogP contribution is 2.58. The average Bonchev–Trinajstić information content (AvgIpc) is 3.62. The second-order valence-electron chi connectivity index (χ2n) is 9.71. The van der Waals surface area contributed by atoms with Crippen molar-refractivity contribution < 1.29 is 0 Å². The van der Waals surface area contributed by atoms with Gasteiger partial charge in [0.25, 0.3) is 0 Å².